The van der Waals surface area contributed by atoms with Crippen molar-refractivity contribution in [2.75, 3.05) is 11.5 Å². The van der Waals surface area contributed by atoms with Crippen LogP contribution in [0.15, 0.2) is 106 Å². The Labute approximate surface area is 349 Å². The molecule has 2 aromatic heterocycles. The molecule has 0 radical (unpaired) electrons. The number of aromatic nitrogens is 2. The van der Waals surface area contributed by atoms with Gasteiger partial charge in [-0.15, -0.1) is 0 Å². The minimum Gasteiger partial charge on any atom is -0.380 e. The molecule has 12 nitrogen and oxygen atoms in total. The van der Waals surface area contributed by atoms with E-state index in [1.54, 1.807) is 13.8 Å². The van der Waals surface area contributed by atoms with Crippen molar-refractivity contribution in [1.29, 1.82) is 0 Å². The van der Waals surface area contributed by atoms with Crippen molar-refractivity contribution >= 4 is 57.0 Å². The summed E-state index contributed by atoms with van der Waals surface area (Å²) in [6.07, 6.45) is 7.32. The molecular formula is C48H54N6O6. The molecule has 0 saturated heterocycles. The maximum Gasteiger partial charge on any atom is 0.223 e. The molecular weight excluding hydrogens is 757 g/mol. The summed E-state index contributed by atoms with van der Waals surface area (Å²) < 4.78 is 10.4. The fraction of sp³-hybridized carbons (Fsp3) is 0.375. The van der Waals surface area contributed by atoms with Gasteiger partial charge in [-0.3, -0.25) is 19.2 Å². The molecule has 2 aliphatic carbocycles. The number of ketones is 2. The number of nitrogens with zero attached hydrogens (tertiary/aromatic N) is 2. The zero-order valence-corrected chi connectivity index (χ0v) is 34.3. The molecule has 8 rings (SSSR count). The van der Waals surface area contributed by atoms with Gasteiger partial charge < -0.3 is 31.1 Å². The van der Waals surface area contributed by atoms with Gasteiger partial charge in [0.15, 0.2) is 34.4 Å². The molecule has 0 unspecified atom stereocenters. The van der Waals surface area contributed by atoms with Crippen molar-refractivity contribution in [1.82, 2.24) is 20.9 Å². The van der Waals surface area contributed by atoms with Crippen molar-refractivity contribution in [2.24, 2.45) is 11.8 Å². The van der Waals surface area contributed by atoms with Crippen LogP contribution in [0.3, 0.4) is 0 Å². The Bertz CT molecular complexity index is 2260. The first-order valence-electron chi connectivity index (χ1n) is 21.1. The standard InChI is InChI=1S/2C24H27N3O3/c2*1-15(21(28)12-8-16-7-11-20-22(13-16)30-27-23(20)25)26-24(29)19-10-9-18(14-19)17-5-3-2-4-6-17/h2*2-7,11,13,15,18-19H,8-10,12,14H2,1H3,(H2,25,27)(H,26,29)/t2*15-,18+,19+/m00/s1. The molecule has 2 aliphatic rings. The SMILES string of the molecule is C[C@H](NC(=O)[C@@H]1CC[C@@H](c2ccccc2)C1)C(=O)CCc1ccc2c(N)noc2c1.C[C@H](NC(=O)[C@@H]1CC[C@@H](c2ccccc2)C1)C(=O)CCc1ccc2c(N)noc2c1. The lowest BCUT2D eigenvalue weighted by atomic mass is 9.96. The first-order chi connectivity index (χ1) is 29.0. The summed E-state index contributed by atoms with van der Waals surface area (Å²) >= 11 is 0. The van der Waals surface area contributed by atoms with Crippen LogP contribution in [-0.4, -0.2) is 45.8 Å². The van der Waals surface area contributed by atoms with Crippen LogP contribution >= 0.6 is 0 Å². The number of rotatable bonds is 14. The minimum atomic E-state index is -0.488. The zero-order valence-electron chi connectivity index (χ0n) is 34.3. The first kappa shape index (κ1) is 41.8. The molecule has 2 fully saturated rings. The van der Waals surface area contributed by atoms with E-state index in [1.807, 2.05) is 72.8 Å². The molecule has 60 heavy (non-hydrogen) atoms. The third-order valence-electron chi connectivity index (χ3n) is 12.3. The maximum absolute atomic E-state index is 12.7. The highest BCUT2D eigenvalue weighted by Gasteiger charge is 2.33. The minimum absolute atomic E-state index is 0.00663. The van der Waals surface area contributed by atoms with E-state index in [2.05, 4.69) is 45.2 Å². The average Bonchev–Trinajstić information content (AvgIpc) is 4.10. The Balaban J connectivity index is 0.000000181. The lowest BCUT2D eigenvalue weighted by Crippen LogP contribution is -2.41. The van der Waals surface area contributed by atoms with Crippen LogP contribution < -0.4 is 22.1 Å². The Hall–Kier alpha value is -6.30. The van der Waals surface area contributed by atoms with E-state index in [0.29, 0.717) is 60.3 Å². The topological polar surface area (TPSA) is 196 Å². The molecule has 0 aliphatic heterocycles. The van der Waals surface area contributed by atoms with Gasteiger partial charge in [-0.25, -0.2) is 0 Å². The number of hydrogen-bond acceptors (Lipinski definition) is 10. The number of nitrogen functional groups attached to an aromatic ring is 2. The van der Waals surface area contributed by atoms with Crippen LogP contribution in [0, 0.1) is 11.8 Å². The van der Waals surface area contributed by atoms with Crippen LogP contribution in [0.1, 0.15) is 99.3 Å². The fourth-order valence-corrected chi connectivity index (χ4v) is 8.60. The molecule has 4 aromatic carbocycles. The number of fused-ring (bicyclic) bond motifs is 2. The predicted octanol–water partition coefficient (Wildman–Crippen LogP) is 8.00. The number of amides is 2. The summed E-state index contributed by atoms with van der Waals surface area (Å²) in [7, 11) is 0. The molecule has 0 bridgehead atoms. The normalized spacial score (nSPS) is 19.6. The largest absolute Gasteiger partial charge is 0.380 e. The number of carbonyl (C=O) groups excluding carboxylic acids is 4. The molecule has 0 spiro atoms. The summed E-state index contributed by atoms with van der Waals surface area (Å²) in [6.45, 7) is 3.54. The summed E-state index contributed by atoms with van der Waals surface area (Å²) in [5.74, 6) is 1.57. The Morgan fingerprint density at radius 2 is 1.00 bits per heavy atom. The summed E-state index contributed by atoms with van der Waals surface area (Å²) in [4.78, 5) is 50.4. The van der Waals surface area contributed by atoms with Crippen LogP contribution in [0.4, 0.5) is 11.6 Å². The molecule has 12 heteroatoms. The van der Waals surface area contributed by atoms with Crippen molar-refractivity contribution in [3.63, 3.8) is 0 Å². The second-order valence-corrected chi connectivity index (χ2v) is 16.4. The van der Waals surface area contributed by atoms with Crippen LogP contribution in [-0.2, 0) is 32.0 Å². The van der Waals surface area contributed by atoms with E-state index in [-0.39, 0.29) is 35.2 Å². The van der Waals surface area contributed by atoms with E-state index in [1.165, 1.54) is 11.1 Å². The first-order valence-corrected chi connectivity index (χ1v) is 21.1. The van der Waals surface area contributed by atoms with E-state index >= 15 is 0 Å². The second-order valence-electron chi connectivity index (χ2n) is 16.4. The van der Waals surface area contributed by atoms with Gasteiger partial charge in [0.1, 0.15) is 0 Å². The molecule has 2 saturated carbocycles. The third-order valence-corrected chi connectivity index (χ3v) is 12.3. The Kier molecular flexibility index (Phi) is 13.4. The molecule has 6 atom stereocenters. The molecule has 2 heterocycles. The molecule has 6 N–H and O–H groups in total. The van der Waals surface area contributed by atoms with Gasteiger partial charge in [-0.1, -0.05) is 83.1 Å². The van der Waals surface area contributed by atoms with Crippen molar-refractivity contribution < 1.29 is 28.2 Å². The van der Waals surface area contributed by atoms with Gasteiger partial charge in [0.05, 0.1) is 22.9 Å². The quantitative estimate of drug-likeness (QED) is 0.0837. The van der Waals surface area contributed by atoms with Crippen molar-refractivity contribution in [3.8, 4) is 0 Å². The van der Waals surface area contributed by atoms with Crippen LogP contribution in [0.2, 0.25) is 0 Å². The number of aryl methyl sites for hydroxylation is 2. The number of benzene rings is 4. The van der Waals surface area contributed by atoms with Crippen LogP contribution in [0.25, 0.3) is 21.9 Å². The average molecular weight is 811 g/mol. The summed E-state index contributed by atoms with van der Waals surface area (Å²) in [5, 5.41) is 14.9. The van der Waals surface area contributed by atoms with Gasteiger partial charge in [-0.05, 0) is 124 Å². The zero-order chi connectivity index (χ0) is 42.2. The van der Waals surface area contributed by atoms with Crippen LogP contribution in [0.5, 0.6) is 0 Å². The number of hydrogen-bond donors (Lipinski definition) is 4. The Morgan fingerprint density at radius 1 is 0.600 bits per heavy atom. The van der Waals surface area contributed by atoms with Gasteiger partial charge in [0, 0.05) is 24.7 Å². The number of Topliss-reactive ketones (excluding diaryl/α,β-unsaturated/α-hetero) is 2. The van der Waals surface area contributed by atoms with E-state index in [9.17, 15) is 19.2 Å². The van der Waals surface area contributed by atoms with Gasteiger partial charge in [0.2, 0.25) is 11.8 Å². The highest BCUT2D eigenvalue weighted by Crippen LogP contribution is 2.39. The number of nitrogens with two attached hydrogens (primary N) is 2. The van der Waals surface area contributed by atoms with E-state index < -0.39 is 12.1 Å². The highest BCUT2D eigenvalue weighted by molar-refractivity contribution is 5.91. The fourth-order valence-electron chi connectivity index (χ4n) is 8.60. The lowest BCUT2D eigenvalue weighted by Gasteiger charge is -2.17. The predicted molar refractivity (Wildman–Crippen MR) is 232 cm³/mol. The molecule has 2 amide bonds. The van der Waals surface area contributed by atoms with Crippen molar-refractivity contribution in [3.05, 3.63) is 119 Å². The van der Waals surface area contributed by atoms with Gasteiger partial charge in [-0.2, -0.15) is 0 Å². The summed E-state index contributed by atoms with van der Waals surface area (Å²) in [6, 6.07) is 31.0. The second kappa shape index (κ2) is 19.2. The van der Waals surface area contributed by atoms with Crippen molar-refractivity contribution in [2.45, 2.75) is 102 Å². The maximum atomic E-state index is 12.7. The molecule has 6 aromatic rings. The third kappa shape index (κ3) is 10.3. The lowest BCUT2D eigenvalue weighted by molar-refractivity contribution is -0.129. The van der Waals surface area contributed by atoms with Gasteiger partial charge >= 0.3 is 0 Å². The Morgan fingerprint density at radius 3 is 1.40 bits per heavy atom. The number of nitrogens with one attached hydrogen (secondary N) is 2. The molecule has 312 valence electrons. The number of anilines is 2. The smallest absolute Gasteiger partial charge is 0.223 e. The number of carbonyl (C=O) groups is 4. The van der Waals surface area contributed by atoms with E-state index in [0.717, 1.165) is 60.4 Å². The monoisotopic (exact) mass is 810 g/mol. The van der Waals surface area contributed by atoms with Gasteiger partial charge in [0.25, 0.3) is 0 Å². The summed E-state index contributed by atoms with van der Waals surface area (Å²) in [5.41, 5.74) is 17.2. The highest BCUT2D eigenvalue weighted by atomic mass is 16.5. The van der Waals surface area contributed by atoms with E-state index in [4.69, 9.17) is 20.5 Å².